The van der Waals surface area contributed by atoms with Crippen LogP contribution in [0.25, 0.3) is 0 Å². The minimum atomic E-state index is -0.500. The number of allylic oxidation sites excluding steroid dienone is 4. The maximum atomic E-state index is 9.77. The third kappa shape index (κ3) is 4.77. The van der Waals surface area contributed by atoms with Gasteiger partial charge in [0.05, 0.1) is 4.92 Å². The van der Waals surface area contributed by atoms with Gasteiger partial charge in [-0.25, -0.2) is 0 Å². The summed E-state index contributed by atoms with van der Waals surface area (Å²) in [7, 11) is 0. The standard InChI is InChI=1S/C7H9NO2/c1-3-4-7(2)5-6-8(9)10/h3-6H,1H2,2H3/b6-5+,7-4+. The quantitative estimate of drug-likeness (QED) is 0.340. The smallest absolute Gasteiger partial charge is 0.234 e. The summed E-state index contributed by atoms with van der Waals surface area (Å²) in [6.07, 6.45) is 5.59. The molecule has 0 fully saturated rings. The molecule has 0 aromatic heterocycles. The molecule has 54 valence electrons. The second-order valence-electron chi connectivity index (χ2n) is 1.75. The van der Waals surface area contributed by atoms with Gasteiger partial charge in [0.25, 0.3) is 0 Å². The first kappa shape index (κ1) is 8.62. The van der Waals surface area contributed by atoms with Crippen molar-refractivity contribution in [2.75, 3.05) is 0 Å². The fourth-order valence-electron chi connectivity index (χ4n) is 0.420. The normalized spacial score (nSPS) is 11.9. The van der Waals surface area contributed by atoms with Gasteiger partial charge in [-0.05, 0) is 12.5 Å². The van der Waals surface area contributed by atoms with E-state index >= 15 is 0 Å². The first-order chi connectivity index (χ1) is 4.66. The monoisotopic (exact) mass is 139 g/mol. The van der Waals surface area contributed by atoms with Crippen molar-refractivity contribution >= 4 is 0 Å². The molecule has 3 heteroatoms. The van der Waals surface area contributed by atoms with Gasteiger partial charge >= 0.3 is 0 Å². The molecule has 0 rings (SSSR count). The Hall–Kier alpha value is -1.38. The molecular weight excluding hydrogens is 130 g/mol. The Morgan fingerprint density at radius 1 is 1.70 bits per heavy atom. The Morgan fingerprint density at radius 2 is 2.30 bits per heavy atom. The minimum absolute atomic E-state index is 0.500. The topological polar surface area (TPSA) is 43.1 Å². The van der Waals surface area contributed by atoms with Gasteiger partial charge in [-0.2, -0.15) is 0 Å². The summed E-state index contributed by atoms with van der Waals surface area (Å²) in [5.41, 5.74) is 0.812. The van der Waals surface area contributed by atoms with Crippen LogP contribution in [0.4, 0.5) is 0 Å². The van der Waals surface area contributed by atoms with Crippen molar-refractivity contribution in [3.05, 3.63) is 46.7 Å². The van der Waals surface area contributed by atoms with E-state index < -0.39 is 4.92 Å². The van der Waals surface area contributed by atoms with E-state index in [9.17, 15) is 10.1 Å². The average molecular weight is 139 g/mol. The van der Waals surface area contributed by atoms with Gasteiger partial charge in [-0.3, -0.25) is 10.1 Å². The number of nitrogens with zero attached hydrogens (tertiary/aromatic N) is 1. The molecule has 0 saturated carbocycles. The van der Waals surface area contributed by atoms with Crippen LogP contribution < -0.4 is 0 Å². The first-order valence-corrected chi connectivity index (χ1v) is 2.78. The third-order valence-electron chi connectivity index (χ3n) is 0.840. The molecule has 10 heavy (non-hydrogen) atoms. The Balaban J connectivity index is 4.01. The van der Waals surface area contributed by atoms with Crippen LogP contribution in [0.3, 0.4) is 0 Å². The number of nitro groups is 1. The molecular formula is C7H9NO2. The van der Waals surface area contributed by atoms with Crippen molar-refractivity contribution in [2.24, 2.45) is 0 Å². The van der Waals surface area contributed by atoms with E-state index in [-0.39, 0.29) is 0 Å². The van der Waals surface area contributed by atoms with Gasteiger partial charge in [0.1, 0.15) is 0 Å². The molecule has 0 amide bonds. The van der Waals surface area contributed by atoms with Gasteiger partial charge in [0.15, 0.2) is 0 Å². The second-order valence-corrected chi connectivity index (χ2v) is 1.75. The first-order valence-electron chi connectivity index (χ1n) is 2.78. The van der Waals surface area contributed by atoms with Crippen LogP contribution in [0.1, 0.15) is 6.92 Å². The summed E-state index contributed by atoms with van der Waals surface area (Å²) in [5, 5.41) is 9.77. The second kappa shape index (κ2) is 4.49. The van der Waals surface area contributed by atoms with Crippen LogP contribution in [-0.4, -0.2) is 4.92 Å². The number of hydrogen-bond donors (Lipinski definition) is 0. The van der Waals surface area contributed by atoms with Crippen LogP contribution in [0.2, 0.25) is 0 Å². The highest BCUT2D eigenvalue weighted by molar-refractivity contribution is 5.18. The zero-order chi connectivity index (χ0) is 7.98. The van der Waals surface area contributed by atoms with E-state index in [1.807, 2.05) is 0 Å². The lowest BCUT2D eigenvalue weighted by molar-refractivity contribution is -0.402. The molecule has 0 radical (unpaired) electrons. The summed E-state index contributed by atoms with van der Waals surface area (Å²) in [6, 6.07) is 0. The van der Waals surface area contributed by atoms with E-state index in [1.165, 1.54) is 6.08 Å². The van der Waals surface area contributed by atoms with Gasteiger partial charge in [0.2, 0.25) is 6.20 Å². The van der Waals surface area contributed by atoms with E-state index in [4.69, 9.17) is 0 Å². The zero-order valence-corrected chi connectivity index (χ0v) is 5.78. The summed E-state index contributed by atoms with van der Waals surface area (Å²) in [4.78, 5) is 9.27. The van der Waals surface area contributed by atoms with E-state index in [2.05, 4.69) is 6.58 Å². The van der Waals surface area contributed by atoms with Crippen molar-refractivity contribution in [1.82, 2.24) is 0 Å². The predicted octanol–water partition coefficient (Wildman–Crippen LogP) is 1.91. The van der Waals surface area contributed by atoms with Crippen molar-refractivity contribution in [3.63, 3.8) is 0 Å². The highest BCUT2D eigenvalue weighted by Crippen LogP contribution is 1.93. The van der Waals surface area contributed by atoms with E-state index in [0.29, 0.717) is 0 Å². The fraction of sp³-hybridized carbons (Fsp3) is 0.143. The highest BCUT2D eigenvalue weighted by Gasteiger charge is 1.84. The predicted molar refractivity (Wildman–Crippen MR) is 40.1 cm³/mol. The van der Waals surface area contributed by atoms with Gasteiger partial charge in [0, 0.05) is 6.08 Å². The minimum Gasteiger partial charge on any atom is -0.259 e. The maximum absolute atomic E-state index is 9.77. The fourth-order valence-corrected chi connectivity index (χ4v) is 0.420. The Kier molecular flexibility index (Phi) is 3.87. The van der Waals surface area contributed by atoms with Crippen LogP contribution in [0, 0.1) is 10.1 Å². The molecule has 0 aromatic carbocycles. The van der Waals surface area contributed by atoms with Gasteiger partial charge < -0.3 is 0 Å². The van der Waals surface area contributed by atoms with E-state index in [1.54, 1.807) is 19.1 Å². The lowest BCUT2D eigenvalue weighted by Gasteiger charge is -1.82. The van der Waals surface area contributed by atoms with Crippen LogP contribution in [-0.2, 0) is 0 Å². The summed E-state index contributed by atoms with van der Waals surface area (Å²) in [6.45, 7) is 5.21. The summed E-state index contributed by atoms with van der Waals surface area (Å²) >= 11 is 0. The van der Waals surface area contributed by atoms with E-state index in [0.717, 1.165) is 11.8 Å². The van der Waals surface area contributed by atoms with Crippen LogP contribution in [0.15, 0.2) is 36.6 Å². The molecule has 0 heterocycles. The molecule has 0 N–H and O–H groups in total. The van der Waals surface area contributed by atoms with Gasteiger partial charge in [-0.15, -0.1) is 0 Å². The van der Waals surface area contributed by atoms with Crippen molar-refractivity contribution in [3.8, 4) is 0 Å². The highest BCUT2D eigenvalue weighted by atomic mass is 16.6. The molecule has 0 aliphatic heterocycles. The molecule has 0 aliphatic rings. The Morgan fingerprint density at radius 3 is 2.70 bits per heavy atom. The van der Waals surface area contributed by atoms with Crippen molar-refractivity contribution < 1.29 is 4.92 Å². The van der Waals surface area contributed by atoms with Crippen molar-refractivity contribution in [2.45, 2.75) is 6.92 Å². The lowest BCUT2D eigenvalue weighted by atomic mass is 10.3. The van der Waals surface area contributed by atoms with Crippen LogP contribution >= 0.6 is 0 Å². The number of hydrogen-bond acceptors (Lipinski definition) is 2. The zero-order valence-electron chi connectivity index (χ0n) is 5.78. The number of rotatable bonds is 3. The maximum Gasteiger partial charge on any atom is 0.234 e. The molecule has 0 unspecified atom stereocenters. The SMILES string of the molecule is C=C/C=C(C)/C=C/[N+](=O)[O-]. The summed E-state index contributed by atoms with van der Waals surface area (Å²) in [5.74, 6) is 0. The molecule has 0 saturated heterocycles. The Labute approximate surface area is 59.5 Å². The Bertz CT molecular complexity index is 192. The van der Waals surface area contributed by atoms with Gasteiger partial charge in [-0.1, -0.05) is 18.7 Å². The average Bonchev–Trinajstić information content (AvgIpc) is 1.85. The molecule has 0 bridgehead atoms. The molecule has 0 spiro atoms. The largest absolute Gasteiger partial charge is 0.259 e. The lowest BCUT2D eigenvalue weighted by Crippen LogP contribution is -1.82. The molecule has 0 aromatic rings. The molecule has 3 nitrogen and oxygen atoms in total. The summed E-state index contributed by atoms with van der Waals surface area (Å²) < 4.78 is 0. The van der Waals surface area contributed by atoms with Crippen molar-refractivity contribution in [1.29, 1.82) is 0 Å². The van der Waals surface area contributed by atoms with Crippen LogP contribution in [0.5, 0.6) is 0 Å². The molecule has 0 atom stereocenters. The third-order valence-corrected chi connectivity index (χ3v) is 0.840. The molecule has 0 aliphatic carbocycles.